The molecule has 0 saturated heterocycles. The highest BCUT2D eigenvalue weighted by Gasteiger charge is 2.25. The van der Waals surface area contributed by atoms with E-state index in [-0.39, 0.29) is 42.5 Å². The van der Waals surface area contributed by atoms with Gasteiger partial charge in [0.2, 0.25) is 33.0 Å². The lowest BCUT2D eigenvalue weighted by Crippen LogP contribution is -2.29. The first kappa shape index (κ1) is 70.3. The zero-order valence-electron chi connectivity index (χ0n) is 56.5. The molecular formula is C85H53BCl6N14O2. The molecule has 0 unspecified atom stereocenters. The molecule has 1 aliphatic carbocycles. The molecule has 8 aromatic heterocycles. The first-order valence-electron chi connectivity index (χ1n) is 33.9. The number of hydrogen-bond acceptors (Lipinski definition) is 14. The lowest BCUT2D eigenvalue weighted by Gasteiger charge is -2.15. The van der Waals surface area contributed by atoms with Crippen molar-refractivity contribution in [2.75, 3.05) is 0 Å². The summed E-state index contributed by atoms with van der Waals surface area (Å²) in [5, 5.41) is 22.2. The second-order valence-electron chi connectivity index (χ2n) is 24.6. The van der Waals surface area contributed by atoms with E-state index < -0.39 is 7.12 Å². The van der Waals surface area contributed by atoms with Gasteiger partial charge in [0.05, 0.1) is 22.1 Å². The van der Waals surface area contributed by atoms with Gasteiger partial charge in [0.1, 0.15) is 55.9 Å². The Morgan fingerprint density at radius 1 is 0.250 bits per heavy atom. The number of rotatable bonds is 7. The van der Waals surface area contributed by atoms with Crippen LogP contribution in [0.3, 0.4) is 0 Å². The minimum Gasteiger partial charge on any atom is -0.423 e. The van der Waals surface area contributed by atoms with Crippen molar-refractivity contribution in [1.82, 2.24) is 68.9 Å². The van der Waals surface area contributed by atoms with Gasteiger partial charge in [-0.3, -0.25) is 9.13 Å². The molecule has 1 aliphatic rings. The molecule has 20 rings (SSSR count). The van der Waals surface area contributed by atoms with E-state index in [4.69, 9.17) is 99.6 Å². The van der Waals surface area contributed by atoms with Crippen LogP contribution in [0.2, 0.25) is 31.4 Å². The summed E-state index contributed by atoms with van der Waals surface area (Å²) in [7, 11) is -1.34. The van der Waals surface area contributed by atoms with Gasteiger partial charge < -0.3 is 10.0 Å². The van der Waals surface area contributed by atoms with E-state index in [9.17, 15) is 0 Å². The number of halogens is 6. The fourth-order valence-corrected chi connectivity index (χ4v) is 14.4. The molecule has 0 fully saturated rings. The van der Waals surface area contributed by atoms with Crippen LogP contribution in [0.1, 0.15) is 11.1 Å². The standard InChI is InChI=1S/C42H26N6.C18H10Cl2N4.C13H10.C6H7BO2.C6Cl4N4/c1-3-15-27(16-4-1)37-39-40(46-41(43-37)47-33-23-11-7-19-29(33)30-20-8-12-24-34(30)47)38(28-17-5-2-6-18-28)44-42(45-39)48-35-25-13-9-21-31(35)32-22-10-14-26-36(32)48;19-17-21-13(11-7-3-1-4-8-11)15-16(24-17)14(22-18(20)23-15)12-9-5-2-6-10-12;1-3-7-12-10(5-1)9-11-6-2-4-8-13(11)12;8-7(9)6-4-2-1-3-5-6;7-3-1-2(12-6(10)13-3)4(8)14-5(9)11-1/h1-26H;1-10H;1-8H,9H2;1-5,8-9H;. The monoisotopic (exact) mass is 1520 g/mol. The van der Waals surface area contributed by atoms with Gasteiger partial charge in [0.25, 0.3) is 0 Å². The lowest BCUT2D eigenvalue weighted by molar-refractivity contribution is 0.426. The van der Waals surface area contributed by atoms with Gasteiger partial charge in [-0.15, -0.1) is 0 Å². The SMILES string of the molecule is Clc1nc(-c2ccccc2)c2nc(Cl)nc(-c3ccccc3)c2n1.Clc1nc(Cl)c2nc(Cl)nc(Cl)c2n1.OB(O)c1ccccc1.c1ccc(-c2nc(-n3c4ccccc4c4ccccc43)nc3c(-c4ccccc4)nc(-n4c5ccccc5c5ccccc54)nc23)cc1.c1ccc2c(c1)Cc1ccccc1-2. The molecule has 0 radical (unpaired) electrons. The Bertz CT molecular complexity index is 6080. The number of aromatic nitrogens is 14. The van der Waals surface area contributed by atoms with Crippen LogP contribution in [0.5, 0.6) is 0 Å². The fraction of sp³-hybridized carbons (Fsp3) is 0.0118. The lowest BCUT2D eigenvalue weighted by atomic mass is 9.81. The van der Waals surface area contributed by atoms with Crippen molar-refractivity contribution in [3.8, 4) is 68.1 Å². The Balaban J connectivity index is 0.000000122. The maximum Gasteiger partial charge on any atom is 0.488 e. The van der Waals surface area contributed by atoms with Crippen LogP contribution < -0.4 is 5.46 Å². The third kappa shape index (κ3) is 14.4. The van der Waals surface area contributed by atoms with Crippen LogP contribution in [0, 0.1) is 0 Å². The summed E-state index contributed by atoms with van der Waals surface area (Å²) in [6, 6.07) is 99.6. The zero-order chi connectivity index (χ0) is 73.8. The van der Waals surface area contributed by atoms with E-state index in [1.54, 1.807) is 24.3 Å². The van der Waals surface area contributed by atoms with Gasteiger partial charge >= 0.3 is 7.12 Å². The van der Waals surface area contributed by atoms with Crippen molar-refractivity contribution in [3.63, 3.8) is 0 Å². The third-order valence-electron chi connectivity index (χ3n) is 18.0. The third-order valence-corrected chi connectivity index (χ3v) is 19.2. The normalized spacial score (nSPS) is 11.3. The smallest absolute Gasteiger partial charge is 0.423 e. The Hall–Kier alpha value is -12.0. The van der Waals surface area contributed by atoms with E-state index in [1.807, 2.05) is 103 Å². The topological polar surface area (TPSA) is 205 Å². The molecule has 23 heteroatoms. The van der Waals surface area contributed by atoms with E-state index in [0.717, 1.165) is 83.7 Å². The average molecular weight is 1530 g/mol. The summed E-state index contributed by atoms with van der Waals surface area (Å²) >= 11 is 35.0. The van der Waals surface area contributed by atoms with E-state index in [0.29, 0.717) is 50.8 Å². The molecule has 0 amide bonds. The van der Waals surface area contributed by atoms with Crippen molar-refractivity contribution in [3.05, 3.63) is 340 Å². The second-order valence-corrected chi connectivity index (χ2v) is 26.6. The average Bonchev–Trinajstić information content (AvgIpc) is 1.52. The summed E-state index contributed by atoms with van der Waals surface area (Å²) in [5.74, 6) is 1.15. The second kappa shape index (κ2) is 31.2. The van der Waals surface area contributed by atoms with Crippen LogP contribution >= 0.6 is 69.6 Å². The van der Waals surface area contributed by atoms with Crippen molar-refractivity contribution >= 4 is 159 Å². The molecular weight excluding hydrogens is 1470 g/mol. The Kier molecular flexibility index (Phi) is 20.3. The van der Waals surface area contributed by atoms with Crippen molar-refractivity contribution < 1.29 is 10.0 Å². The van der Waals surface area contributed by atoms with Gasteiger partial charge in [-0.1, -0.05) is 296 Å². The number of benzene rings is 11. The number of nitrogens with zero attached hydrogens (tertiary/aromatic N) is 14. The molecule has 0 atom stereocenters. The van der Waals surface area contributed by atoms with Crippen LogP contribution in [0.25, 0.3) is 145 Å². The quantitative estimate of drug-likeness (QED) is 0.0866. The summed E-state index contributed by atoms with van der Waals surface area (Å²) in [6.07, 6.45) is 1.10. The molecule has 19 aromatic rings. The Morgan fingerprint density at radius 3 is 0.833 bits per heavy atom. The molecule has 2 N–H and O–H groups in total. The summed E-state index contributed by atoms with van der Waals surface area (Å²) in [6.45, 7) is 0. The fourth-order valence-electron chi connectivity index (χ4n) is 13.2. The van der Waals surface area contributed by atoms with Crippen molar-refractivity contribution in [2.24, 2.45) is 0 Å². The highest BCUT2D eigenvalue weighted by molar-refractivity contribution is 6.58. The minimum absolute atomic E-state index is 0.0182. The molecule has 11 aromatic carbocycles. The summed E-state index contributed by atoms with van der Waals surface area (Å²) in [5.41, 5.74) is 20.0. The first-order chi connectivity index (χ1) is 52.9. The first-order valence-corrected chi connectivity index (χ1v) is 36.1. The van der Waals surface area contributed by atoms with E-state index in [1.165, 1.54) is 22.3 Å². The Labute approximate surface area is 647 Å². The van der Waals surface area contributed by atoms with Gasteiger partial charge in [0, 0.05) is 43.8 Å². The summed E-state index contributed by atoms with van der Waals surface area (Å²) < 4.78 is 4.32. The molecule has 8 heterocycles. The molecule has 0 aliphatic heterocycles. The number of hydrogen-bond donors (Lipinski definition) is 2. The van der Waals surface area contributed by atoms with Crippen LogP contribution in [-0.2, 0) is 6.42 Å². The highest BCUT2D eigenvalue weighted by atomic mass is 35.5. The maximum atomic E-state index is 8.58. The number of fused-ring (bicyclic) bond motifs is 12. The van der Waals surface area contributed by atoms with Gasteiger partial charge in [-0.05, 0) is 105 Å². The molecule has 108 heavy (non-hydrogen) atoms. The summed E-state index contributed by atoms with van der Waals surface area (Å²) in [4.78, 5) is 53.8. The van der Waals surface area contributed by atoms with Gasteiger partial charge in [-0.2, -0.15) is 0 Å². The van der Waals surface area contributed by atoms with Crippen LogP contribution in [0.4, 0.5) is 0 Å². The molecule has 520 valence electrons. The van der Waals surface area contributed by atoms with E-state index >= 15 is 0 Å². The molecule has 0 spiro atoms. The minimum atomic E-state index is -1.34. The zero-order valence-corrected chi connectivity index (χ0v) is 61.0. The molecule has 0 saturated carbocycles. The maximum absolute atomic E-state index is 8.58. The van der Waals surface area contributed by atoms with Crippen LogP contribution in [-0.4, -0.2) is 86.1 Å². The molecule has 16 nitrogen and oxygen atoms in total. The van der Waals surface area contributed by atoms with Crippen LogP contribution in [0.15, 0.2) is 297 Å². The van der Waals surface area contributed by atoms with Crippen molar-refractivity contribution in [1.29, 1.82) is 0 Å². The van der Waals surface area contributed by atoms with Gasteiger partial charge in [-0.25, -0.2) is 59.8 Å². The molecule has 0 bridgehead atoms. The predicted molar refractivity (Wildman–Crippen MR) is 437 cm³/mol. The predicted octanol–water partition coefficient (Wildman–Crippen LogP) is 20.7. The highest BCUT2D eigenvalue weighted by Crippen LogP contribution is 2.40. The van der Waals surface area contributed by atoms with Gasteiger partial charge in [0.15, 0.2) is 10.3 Å². The number of para-hydroxylation sites is 4. The largest absolute Gasteiger partial charge is 0.488 e. The Morgan fingerprint density at radius 2 is 0.509 bits per heavy atom. The van der Waals surface area contributed by atoms with Crippen molar-refractivity contribution in [2.45, 2.75) is 6.42 Å². The van der Waals surface area contributed by atoms with E-state index in [2.05, 4.69) is 219 Å².